The number of benzene rings is 1. The Bertz CT molecular complexity index is 859. The van der Waals surface area contributed by atoms with Gasteiger partial charge in [0.15, 0.2) is 0 Å². The lowest BCUT2D eigenvalue weighted by Crippen LogP contribution is -2.27. The Kier molecular flexibility index (Phi) is 5.16. The third-order valence-corrected chi connectivity index (χ3v) is 5.10. The van der Waals surface area contributed by atoms with Crippen molar-refractivity contribution in [3.63, 3.8) is 0 Å². The van der Waals surface area contributed by atoms with Crippen molar-refractivity contribution in [2.24, 2.45) is 0 Å². The number of hydrogen-bond donors (Lipinski definition) is 3. The van der Waals surface area contributed by atoms with E-state index in [-0.39, 0.29) is 24.4 Å². The number of halogens is 3. The van der Waals surface area contributed by atoms with Crippen molar-refractivity contribution in [3.05, 3.63) is 35.5 Å². The molecule has 1 aliphatic heterocycles. The number of nitrogens with zero attached hydrogens (tertiary/aromatic N) is 2. The van der Waals surface area contributed by atoms with Gasteiger partial charge in [0.2, 0.25) is 5.95 Å². The quantitative estimate of drug-likeness (QED) is 0.694. The van der Waals surface area contributed by atoms with E-state index in [2.05, 4.69) is 20.6 Å². The molecule has 148 valence electrons. The van der Waals surface area contributed by atoms with Crippen molar-refractivity contribution in [1.82, 2.24) is 9.97 Å². The van der Waals surface area contributed by atoms with Crippen molar-refractivity contribution < 1.29 is 22.8 Å². The average molecular weight is 392 g/mol. The fourth-order valence-corrected chi connectivity index (χ4v) is 3.64. The summed E-state index contributed by atoms with van der Waals surface area (Å²) in [5, 5.41) is 15.6. The van der Waals surface area contributed by atoms with Gasteiger partial charge < -0.3 is 20.3 Å². The van der Waals surface area contributed by atoms with Crippen LogP contribution in [-0.4, -0.2) is 28.2 Å². The van der Waals surface area contributed by atoms with Gasteiger partial charge in [-0.25, -0.2) is 4.98 Å². The topological polar surface area (TPSA) is 79.3 Å². The van der Waals surface area contributed by atoms with E-state index in [4.69, 9.17) is 4.65 Å². The minimum atomic E-state index is -4.53. The van der Waals surface area contributed by atoms with Crippen LogP contribution in [0.5, 0.6) is 0 Å². The average Bonchev–Trinajstić information content (AvgIpc) is 3.02. The summed E-state index contributed by atoms with van der Waals surface area (Å²) in [4.78, 5) is 7.94. The number of anilines is 3. The molecule has 1 aromatic carbocycles. The van der Waals surface area contributed by atoms with E-state index in [1.54, 1.807) is 18.2 Å². The largest absolute Gasteiger partial charge is 0.491 e. The zero-order valence-electron chi connectivity index (χ0n) is 15.1. The third-order valence-electron chi connectivity index (χ3n) is 5.10. The van der Waals surface area contributed by atoms with Gasteiger partial charge in [-0.2, -0.15) is 18.2 Å². The molecule has 0 atom stereocenters. The Labute approximate surface area is 160 Å². The van der Waals surface area contributed by atoms with Gasteiger partial charge >= 0.3 is 13.3 Å². The highest BCUT2D eigenvalue weighted by Crippen LogP contribution is 2.35. The highest BCUT2D eigenvalue weighted by molar-refractivity contribution is 6.61. The van der Waals surface area contributed by atoms with Crippen LogP contribution in [0.3, 0.4) is 0 Å². The first-order valence-corrected chi connectivity index (χ1v) is 9.30. The second-order valence-electron chi connectivity index (χ2n) is 7.13. The molecule has 28 heavy (non-hydrogen) atoms. The standard InChI is InChI=1S/C18H20BF3N4O2/c20-18(21,22)14-9-23-17(26-16(14)24-12-4-2-1-3-5-12)25-13-6-7-15-11(8-13)10-28-19(15)27/h6-9,12,27H,1-5,10H2,(H2,23,24,25,26). The Morgan fingerprint density at radius 3 is 2.71 bits per heavy atom. The minimum Gasteiger partial charge on any atom is -0.423 e. The molecule has 0 radical (unpaired) electrons. The molecular formula is C18H20BF3N4O2. The van der Waals surface area contributed by atoms with Gasteiger partial charge in [-0.1, -0.05) is 25.3 Å². The third kappa shape index (κ3) is 4.07. The number of alkyl halides is 3. The number of aromatic nitrogens is 2. The molecule has 0 amide bonds. The fourth-order valence-electron chi connectivity index (χ4n) is 3.64. The van der Waals surface area contributed by atoms with Crippen LogP contribution in [0.4, 0.5) is 30.6 Å². The molecule has 6 nitrogen and oxygen atoms in total. The van der Waals surface area contributed by atoms with Crippen molar-refractivity contribution in [2.45, 2.75) is 50.9 Å². The predicted octanol–water partition coefficient (Wildman–Crippen LogP) is 3.20. The Hall–Kier alpha value is -2.33. The summed E-state index contributed by atoms with van der Waals surface area (Å²) >= 11 is 0. The molecule has 0 unspecified atom stereocenters. The lowest BCUT2D eigenvalue weighted by Gasteiger charge is -2.25. The normalized spacial score (nSPS) is 17.5. The zero-order chi connectivity index (χ0) is 19.7. The lowest BCUT2D eigenvalue weighted by molar-refractivity contribution is -0.137. The maximum atomic E-state index is 13.4. The summed E-state index contributed by atoms with van der Waals surface area (Å²) < 4.78 is 45.3. The molecule has 1 aliphatic carbocycles. The van der Waals surface area contributed by atoms with Gasteiger partial charge in [0.1, 0.15) is 11.4 Å². The van der Waals surface area contributed by atoms with Crippen LogP contribution in [-0.2, 0) is 17.4 Å². The minimum absolute atomic E-state index is 0.0174. The van der Waals surface area contributed by atoms with E-state index in [9.17, 15) is 18.2 Å². The van der Waals surface area contributed by atoms with Gasteiger partial charge in [0.25, 0.3) is 0 Å². The van der Waals surface area contributed by atoms with E-state index in [0.29, 0.717) is 11.2 Å². The highest BCUT2D eigenvalue weighted by atomic mass is 19.4. The molecule has 0 saturated heterocycles. The molecule has 2 aromatic rings. The van der Waals surface area contributed by atoms with Crippen molar-refractivity contribution in [2.75, 3.05) is 10.6 Å². The summed E-state index contributed by atoms with van der Waals surface area (Å²) in [6.45, 7) is 0.272. The van der Waals surface area contributed by atoms with Crippen LogP contribution in [0.2, 0.25) is 0 Å². The first-order valence-electron chi connectivity index (χ1n) is 9.30. The Morgan fingerprint density at radius 2 is 1.96 bits per heavy atom. The Balaban J connectivity index is 1.58. The maximum absolute atomic E-state index is 13.4. The predicted molar refractivity (Wildman–Crippen MR) is 99.7 cm³/mol. The SMILES string of the molecule is OB1OCc2cc(Nc3ncc(C(F)(F)F)c(NC4CCCCC4)n3)ccc21. The fraction of sp³-hybridized carbons (Fsp3) is 0.444. The Morgan fingerprint density at radius 1 is 1.18 bits per heavy atom. The molecule has 1 aromatic heterocycles. The van der Waals surface area contributed by atoms with Gasteiger partial charge in [-0.05, 0) is 36.0 Å². The van der Waals surface area contributed by atoms with E-state index < -0.39 is 18.9 Å². The van der Waals surface area contributed by atoms with Gasteiger partial charge in [0, 0.05) is 17.9 Å². The van der Waals surface area contributed by atoms with Crippen LogP contribution in [0.1, 0.15) is 43.2 Å². The molecule has 2 heterocycles. The molecule has 0 spiro atoms. The summed E-state index contributed by atoms with van der Waals surface area (Å²) in [6.07, 6.45) is 1.04. The van der Waals surface area contributed by atoms with Crippen molar-refractivity contribution >= 4 is 30.0 Å². The summed E-state index contributed by atoms with van der Waals surface area (Å²) in [5.74, 6) is -0.123. The number of hydrogen-bond acceptors (Lipinski definition) is 6. The maximum Gasteiger partial charge on any atom is 0.491 e. The van der Waals surface area contributed by atoms with E-state index >= 15 is 0 Å². The van der Waals surface area contributed by atoms with Gasteiger partial charge in [0.05, 0.1) is 6.61 Å². The lowest BCUT2D eigenvalue weighted by atomic mass is 9.79. The van der Waals surface area contributed by atoms with Crippen molar-refractivity contribution in [3.8, 4) is 0 Å². The molecule has 1 fully saturated rings. The van der Waals surface area contributed by atoms with E-state index in [1.165, 1.54) is 0 Å². The van der Waals surface area contributed by atoms with Crippen LogP contribution < -0.4 is 16.1 Å². The second-order valence-corrected chi connectivity index (χ2v) is 7.13. The van der Waals surface area contributed by atoms with Crippen LogP contribution in [0, 0.1) is 0 Å². The number of fused-ring (bicyclic) bond motifs is 1. The molecule has 10 heteroatoms. The van der Waals surface area contributed by atoms with Gasteiger partial charge in [-0.3, -0.25) is 0 Å². The van der Waals surface area contributed by atoms with Crippen LogP contribution in [0.15, 0.2) is 24.4 Å². The monoisotopic (exact) mass is 392 g/mol. The number of rotatable bonds is 4. The molecular weight excluding hydrogens is 372 g/mol. The number of nitrogens with one attached hydrogen (secondary N) is 2. The van der Waals surface area contributed by atoms with Crippen molar-refractivity contribution in [1.29, 1.82) is 0 Å². The molecule has 0 bridgehead atoms. The smallest absolute Gasteiger partial charge is 0.423 e. The van der Waals surface area contributed by atoms with Crippen LogP contribution in [0.25, 0.3) is 0 Å². The zero-order valence-corrected chi connectivity index (χ0v) is 15.1. The molecule has 1 saturated carbocycles. The second kappa shape index (κ2) is 7.59. The molecule has 4 rings (SSSR count). The molecule has 2 aliphatic rings. The summed E-state index contributed by atoms with van der Waals surface area (Å²) in [6, 6.07) is 5.16. The van der Waals surface area contributed by atoms with Crippen LogP contribution >= 0.6 is 0 Å². The summed E-state index contributed by atoms with van der Waals surface area (Å²) in [5.41, 5.74) is 1.23. The van der Waals surface area contributed by atoms with Gasteiger partial charge in [-0.15, -0.1) is 0 Å². The van der Waals surface area contributed by atoms with E-state index in [1.807, 2.05) is 0 Å². The first-order chi connectivity index (χ1) is 13.4. The summed E-state index contributed by atoms with van der Waals surface area (Å²) in [7, 11) is -0.947. The first kappa shape index (κ1) is 19.0. The van der Waals surface area contributed by atoms with E-state index in [0.717, 1.165) is 43.9 Å². The highest BCUT2D eigenvalue weighted by Gasteiger charge is 2.36. The molecule has 3 N–H and O–H groups in total.